The summed E-state index contributed by atoms with van der Waals surface area (Å²) in [5.41, 5.74) is 1.59. The molecule has 2 aromatic rings. The summed E-state index contributed by atoms with van der Waals surface area (Å²) in [4.78, 5) is 39.1. The van der Waals surface area contributed by atoms with Gasteiger partial charge in [-0.2, -0.15) is 0 Å². The molecule has 0 spiro atoms. The van der Waals surface area contributed by atoms with Gasteiger partial charge in [0.1, 0.15) is 0 Å². The summed E-state index contributed by atoms with van der Waals surface area (Å²) >= 11 is 0. The first-order valence-corrected chi connectivity index (χ1v) is 11.4. The van der Waals surface area contributed by atoms with Gasteiger partial charge in [-0.25, -0.2) is 14.8 Å². The van der Waals surface area contributed by atoms with Crippen LogP contribution in [0.15, 0.2) is 24.3 Å². The Balaban J connectivity index is 1.49. The zero-order valence-electron chi connectivity index (χ0n) is 18.4. The largest absolute Gasteiger partial charge is 0.354 e. The second-order valence-electron chi connectivity index (χ2n) is 8.93. The van der Waals surface area contributed by atoms with E-state index < -0.39 is 0 Å². The van der Waals surface area contributed by atoms with E-state index in [-0.39, 0.29) is 17.9 Å². The van der Waals surface area contributed by atoms with Crippen molar-refractivity contribution in [1.29, 1.82) is 0 Å². The number of nitrogens with zero attached hydrogens (tertiary/aromatic N) is 4. The monoisotopic (exact) mass is 424 g/mol. The van der Waals surface area contributed by atoms with Crippen LogP contribution in [-0.4, -0.2) is 59.5 Å². The van der Waals surface area contributed by atoms with Gasteiger partial charge in [-0.05, 0) is 43.7 Å². The highest BCUT2D eigenvalue weighted by Crippen LogP contribution is 2.29. The molecule has 2 fully saturated rings. The number of rotatable bonds is 5. The first-order valence-electron chi connectivity index (χ1n) is 11.4. The molecule has 2 aliphatic heterocycles. The summed E-state index contributed by atoms with van der Waals surface area (Å²) in [6.07, 6.45) is 3.81. The van der Waals surface area contributed by atoms with E-state index in [4.69, 9.17) is 9.97 Å². The third kappa shape index (κ3) is 5.06. The number of para-hydroxylation sites is 2. The van der Waals surface area contributed by atoms with E-state index in [0.717, 1.165) is 55.6 Å². The molecule has 0 bridgehead atoms. The highest BCUT2D eigenvalue weighted by atomic mass is 16.2. The average Bonchev–Trinajstić information content (AvgIpc) is 3.31. The van der Waals surface area contributed by atoms with Crippen molar-refractivity contribution in [3.05, 3.63) is 24.3 Å². The van der Waals surface area contributed by atoms with Gasteiger partial charge < -0.3 is 20.4 Å². The molecule has 3 amide bonds. The van der Waals surface area contributed by atoms with E-state index in [2.05, 4.69) is 29.4 Å². The highest BCUT2D eigenvalue weighted by Gasteiger charge is 2.30. The lowest BCUT2D eigenvalue weighted by atomic mass is 9.97. The summed E-state index contributed by atoms with van der Waals surface area (Å²) < 4.78 is 0. The third-order valence-electron chi connectivity index (χ3n) is 5.94. The van der Waals surface area contributed by atoms with E-state index in [9.17, 15) is 9.59 Å². The molecule has 1 aromatic carbocycles. The molecule has 8 heteroatoms. The minimum atomic E-state index is -0.252. The topological polar surface area (TPSA) is 90.5 Å². The minimum absolute atomic E-state index is 0.0885. The number of aromatic nitrogens is 2. The van der Waals surface area contributed by atoms with E-state index in [0.29, 0.717) is 31.4 Å². The van der Waals surface area contributed by atoms with Gasteiger partial charge in [0.2, 0.25) is 5.91 Å². The predicted octanol–water partition coefficient (Wildman–Crippen LogP) is 3.25. The Morgan fingerprint density at radius 1 is 1.06 bits per heavy atom. The number of carbonyl (C=O) groups is 2. The number of amides is 3. The van der Waals surface area contributed by atoms with E-state index >= 15 is 0 Å². The molecule has 0 radical (unpaired) electrons. The maximum Gasteiger partial charge on any atom is 0.317 e. The fraction of sp³-hybridized carbons (Fsp3) is 0.565. The zero-order valence-corrected chi connectivity index (χ0v) is 18.4. The summed E-state index contributed by atoms with van der Waals surface area (Å²) in [5, 5.41) is 6.00. The molecule has 1 aromatic heterocycles. The third-order valence-corrected chi connectivity index (χ3v) is 5.94. The maximum absolute atomic E-state index is 13.1. The number of anilines is 2. The molecule has 2 N–H and O–H groups in total. The van der Waals surface area contributed by atoms with Gasteiger partial charge in [-0.15, -0.1) is 0 Å². The highest BCUT2D eigenvalue weighted by molar-refractivity contribution is 5.96. The quantitative estimate of drug-likeness (QED) is 0.769. The van der Waals surface area contributed by atoms with Crippen molar-refractivity contribution in [3.63, 3.8) is 0 Å². The normalized spacial score (nSPS) is 19.1. The van der Waals surface area contributed by atoms with Crippen LogP contribution in [0.3, 0.4) is 0 Å². The molecule has 3 heterocycles. The van der Waals surface area contributed by atoms with Crippen molar-refractivity contribution in [2.75, 3.05) is 42.9 Å². The van der Waals surface area contributed by atoms with Crippen molar-refractivity contribution in [1.82, 2.24) is 20.2 Å². The van der Waals surface area contributed by atoms with Crippen LogP contribution in [0.2, 0.25) is 0 Å². The minimum Gasteiger partial charge on any atom is -0.354 e. The van der Waals surface area contributed by atoms with Gasteiger partial charge in [0.05, 0.1) is 17.0 Å². The van der Waals surface area contributed by atoms with Crippen LogP contribution in [0.4, 0.5) is 16.4 Å². The number of nitrogens with one attached hydrogen (secondary N) is 2. The van der Waals surface area contributed by atoms with E-state index in [1.807, 2.05) is 24.3 Å². The second-order valence-corrected chi connectivity index (χ2v) is 8.93. The predicted molar refractivity (Wildman–Crippen MR) is 122 cm³/mol. The number of urea groups is 1. The number of hydrogen-bond donors (Lipinski definition) is 2. The van der Waals surface area contributed by atoms with Crippen LogP contribution in [0, 0.1) is 11.8 Å². The lowest BCUT2D eigenvalue weighted by Crippen LogP contribution is -2.48. The molecule has 1 atom stereocenters. The second kappa shape index (κ2) is 9.49. The van der Waals surface area contributed by atoms with Crippen LogP contribution in [0.1, 0.15) is 39.5 Å². The molecule has 2 saturated heterocycles. The van der Waals surface area contributed by atoms with Gasteiger partial charge >= 0.3 is 6.03 Å². The van der Waals surface area contributed by atoms with Gasteiger partial charge in [0.25, 0.3) is 0 Å². The standard InChI is InChI=1S/C23H32N6O2/c1-16(2)14-24-23(31)29-13-7-8-17(15-29)22(30)27-20-21(28-11-5-6-12-28)26-19-10-4-3-9-18(19)25-20/h3-4,9-10,16-17H,5-8,11-15H2,1-2H3,(H,24,31)(H,25,27,30). The molecule has 0 saturated carbocycles. The summed E-state index contributed by atoms with van der Waals surface area (Å²) in [6, 6.07) is 7.64. The number of carbonyl (C=O) groups excluding carboxylic acids is 2. The van der Waals surface area contributed by atoms with Gasteiger partial charge in [0, 0.05) is 32.7 Å². The van der Waals surface area contributed by atoms with Crippen LogP contribution in [-0.2, 0) is 4.79 Å². The Morgan fingerprint density at radius 2 is 1.77 bits per heavy atom. The fourth-order valence-corrected chi connectivity index (χ4v) is 4.22. The number of benzene rings is 1. The smallest absolute Gasteiger partial charge is 0.317 e. The summed E-state index contributed by atoms with van der Waals surface area (Å²) in [7, 11) is 0. The SMILES string of the molecule is CC(C)CNC(=O)N1CCCC(C(=O)Nc2nc3ccccc3nc2N2CCCC2)C1. The Morgan fingerprint density at radius 3 is 2.48 bits per heavy atom. The molecule has 166 valence electrons. The summed E-state index contributed by atoms with van der Waals surface area (Å²) in [6.45, 7) is 7.72. The first-order chi connectivity index (χ1) is 15.0. The number of piperidine rings is 1. The fourth-order valence-electron chi connectivity index (χ4n) is 4.22. The molecular weight excluding hydrogens is 392 g/mol. The Labute approximate surface area is 183 Å². The van der Waals surface area contributed by atoms with Crippen molar-refractivity contribution in [2.45, 2.75) is 39.5 Å². The molecular formula is C23H32N6O2. The number of fused-ring (bicyclic) bond motifs is 1. The Hall–Kier alpha value is -2.90. The average molecular weight is 425 g/mol. The number of likely N-dealkylation sites (tertiary alicyclic amines) is 1. The zero-order chi connectivity index (χ0) is 21.8. The van der Waals surface area contributed by atoms with E-state index in [1.54, 1.807) is 4.90 Å². The van der Waals surface area contributed by atoms with Gasteiger partial charge in [-0.3, -0.25) is 4.79 Å². The summed E-state index contributed by atoms with van der Waals surface area (Å²) in [5.74, 6) is 1.31. The van der Waals surface area contributed by atoms with Gasteiger partial charge in [0.15, 0.2) is 11.6 Å². The van der Waals surface area contributed by atoms with Gasteiger partial charge in [-0.1, -0.05) is 26.0 Å². The molecule has 2 aliphatic rings. The maximum atomic E-state index is 13.1. The number of hydrogen-bond acceptors (Lipinski definition) is 5. The first kappa shape index (κ1) is 21.3. The molecule has 8 nitrogen and oxygen atoms in total. The van der Waals surface area contributed by atoms with Crippen molar-refractivity contribution in [2.24, 2.45) is 11.8 Å². The lowest BCUT2D eigenvalue weighted by Gasteiger charge is -2.32. The molecule has 31 heavy (non-hydrogen) atoms. The lowest BCUT2D eigenvalue weighted by molar-refractivity contribution is -0.121. The van der Waals surface area contributed by atoms with Crippen molar-refractivity contribution < 1.29 is 9.59 Å². The molecule has 0 aliphatic carbocycles. The van der Waals surface area contributed by atoms with Crippen LogP contribution in [0.5, 0.6) is 0 Å². The Kier molecular flexibility index (Phi) is 6.53. The van der Waals surface area contributed by atoms with Crippen LogP contribution >= 0.6 is 0 Å². The van der Waals surface area contributed by atoms with Crippen molar-refractivity contribution in [3.8, 4) is 0 Å². The van der Waals surface area contributed by atoms with Crippen molar-refractivity contribution >= 4 is 34.6 Å². The Bertz CT molecular complexity index is 941. The molecule has 4 rings (SSSR count). The molecule has 1 unspecified atom stereocenters. The van der Waals surface area contributed by atoms with Crippen LogP contribution < -0.4 is 15.5 Å². The van der Waals surface area contributed by atoms with Crippen LogP contribution in [0.25, 0.3) is 11.0 Å². The van der Waals surface area contributed by atoms with E-state index in [1.165, 1.54) is 0 Å².